The highest BCUT2D eigenvalue weighted by molar-refractivity contribution is 7.07. The Morgan fingerprint density at radius 1 is 1.33 bits per heavy atom. The summed E-state index contributed by atoms with van der Waals surface area (Å²) >= 11 is 0.966. The van der Waals surface area contributed by atoms with Gasteiger partial charge in [-0.15, -0.1) is 5.10 Å². The molecule has 3 N–H and O–H groups in total. The molecule has 2 amide bonds. The first kappa shape index (κ1) is 15.0. The number of aromatic nitrogens is 2. The Labute approximate surface area is 124 Å². The standard InChI is InChI=1S/C13H13FN4O2S/c14-10-3-1-8(2-4-10)5-9(12(15)19)6-16-13(20)11-7-17-18-21-11/h1-4,7,9H,5-6H2,(H2,15,19)(H,16,20). The zero-order valence-corrected chi connectivity index (χ0v) is 11.8. The summed E-state index contributed by atoms with van der Waals surface area (Å²) in [6.07, 6.45) is 1.68. The van der Waals surface area contributed by atoms with Crippen molar-refractivity contribution in [1.29, 1.82) is 0 Å². The summed E-state index contributed by atoms with van der Waals surface area (Å²) in [5.41, 5.74) is 6.11. The van der Waals surface area contributed by atoms with Gasteiger partial charge in [0.15, 0.2) is 0 Å². The maximum atomic E-state index is 12.8. The number of carbonyl (C=O) groups excluding carboxylic acids is 2. The van der Waals surface area contributed by atoms with E-state index < -0.39 is 11.8 Å². The minimum absolute atomic E-state index is 0.101. The van der Waals surface area contributed by atoms with Crippen LogP contribution in [-0.2, 0) is 11.2 Å². The topological polar surface area (TPSA) is 98.0 Å². The molecule has 2 aromatic rings. The first-order valence-electron chi connectivity index (χ1n) is 6.15. The Balaban J connectivity index is 1.94. The smallest absolute Gasteiger partial charge is 0.264 e. The number of carbonyl (C=O) groups is 2. The summed E-state index contributed by atoms with van der Waals surface area (Å²) in [6, 6.07) is 5.80. The molecule has 0 saturated heterocycles. The molecule has 0 spiro atoms. The number of primary amides is 1. The third-order valence-corrected chi connectivity index (χ3v) is 3.56. The number of nitrogens with one attached hydrogen (secondary N) is 1. The van der Waals surface area contributed by atoms with Crippen LogP contribution in [0.2, 0.25) is 0 Å². The molecule has 0 fully saturated rings. The molecule has 2 rings (SSSR count). The number of benzene rings is 1. The number of rotatable bonds is 6. The second-order valence-electron chi connectivity index (χ2n) is 4.42. The Bertz CT molecular complexity index is 616. The van der Waals surface area contributed by atoms with Crippen LogP contribution >= 0.6 is 11.5 Å². The molecule has 1 unspecified atom stereocenters. The predicted molar refractivity (Wildman–Crippen MR) is 75.0 cm³/mol. The van der Waals surface area contributed by atoms with Crippen LogP contribution in [0.15, 0.2) is 30.5 Å². The monoisotopic (exact) mass is 308 g/mol. The van der Waals surface area contributed by atoms with Gasteiger partial charge in [-0.25, -0.2) is 4.39 Å². The van der Waals surface area contributed by atoms with E-state index in [4.69, 9.17) is 5.73 Å². The van der Waals surface area contributed by atoms with Crippen LogP contribution < -0.4 is 11.1 Å². The van der Waals surface area contributed by atoms with Gasteiger partial charge in [0.2, 0.25) is 5.91 Å². The predicted octanol–water partition coefficient (Wildman–Crippen LogP) is 0.751. The van der Waals surface area contributed by atoms with Gasteiger partial charge in [0.1, 0.15) is 10.7 Å². The van der Waals surface area contributed by atoms with Gasteiger partial charge in [-0.1, -0.05) is 16.6 Å². The Morgan fingerprint density at radius 3 is 2.62 bits per heavy atom. The number of amides is 2. The normalized spacial score (nSPS) is 11.9. The van der Waals surface area contributed by atoms with Crippen molar-refractivity contribution < 1.29 is 14.0 Å². The van der Waals surface area contributed by atoms with E-state index in [-0.39, 0.29) is 18.3 Å². The van der Waals surface area contributed by atoms with Crippen LogP contribution in [0.1, 0.15) is 15.2 Å². The lowest BCUT2D eigenvalue weighted by molar-refractivity contribution is -0.121. The molecule has 1 heterocycles. The van der Waals surface area contributed by atoms with Gasteiger partial charge < -0.3 is 11.1 Å². The molecule has 1 atom stereocenters. The van der Waals surface area contributed by atoms with Crippen LogP contribution in [-0.4, -0.2) is 27.9 Å². The third-order valence-electron chi connectivity index (χ3n) is 2.89. The van der Waals surface area contributed by atoms with E-state index in [2.05, 4.69) is 14.9 Å². The van der Waals surface area contributed by atoms with E-state index in [0.717, 1.165) is 17.1 Å². The van der Waals surface area contributed by atoms with Crippen LogP contribution in [0.25, 0.3) is 0 Å². The van der Waals surface area contributed by atoms with E-state index in [1.165, 1.54) is 18.3 Å². The first-order chi connectivity index (χ1) is 10.1. The van der Waals surface area contributed by atoms with Gasteiger partial charge in [-0.2, -0.15) is 0 Å². The van der Waals surface area contributed by atoms with Gasteiger partial charge in [-0.3, -0.25) is 9.59 Å². The quantitative estimate of drug-likeness (QED) is 0.823. The van der Waals surface area contributed by atoms with Crippen molar-refractivity contribution in [1.82, 2.24) is 14.9 Å². The molecule has 0 aliphatic carbocycles. The molecule has 1 aromatic carbocycles. The van der Waals surface area contributed by atoms with Gasteiger partial charge in [0, 0.05) is 6.54 Å². The summed E-state index contributed by atoms with van der Waals surface area (Å²) in [5.74, 6) is -1.79. The summed E-state index contributed by atoms with van der Waals surface area (Å²) in [5, 5.41) is 6.18. The average Bonchev–Trinajstić information content (AvgIpc) is 2.99. The molecule has 6 nitrogen and oxygen atoms in total. The highest BCUT2D eigenvalue weighted by Crippen LogP contribution is 2.10. The second kappa shape index (κ2) is 6.89. The van der Waals surface area contributed by atoms with Crippen molar-refractivity contribution in [2.75, 3.05) is 6.54 Å². The van der Waals surface area contributed by atoms with Crippen molar-refractivity contribution in [3.8, 4) is 0 Å². The molecule has 110 valence electrons. The number of nitrogens with two attached hydrogens (primary N) is 1. The van der Waals surface area contributed by atoms with Crippen LogP contribution in [0.5, 0.6) is 0 Å². The minimum Gasteiger partial charge on any atom is -0.369 e. The van der Waals surface area contributed by atoms with Crippen LogP contribution in [0.3, 0.4) is 0 Å². The Morgan fingerprint density at radius 2 is 2.05 bits per heavy atom. The summed E-state index contributed by atoms with van der Waals surface area (Å²) in [6.45, 7) is 0.101. The molecule has 21 heavy (non-hydrogen) atoms. The first-order valence-corrected chi connectivity index (χ1v) is 6.93. The molecule has 1 aromatic heterocycles. The van der Waals surface area contributed by atoms with Crippen molar-refractivity contribution in [2.45, 2.75) is 6.42 Å². The van der Waals surface area contributed by atoms with Crippen molar-refractivity contribution in [2.24, 2.45) is 11.7 Å². The largest absolute Gasteiger partial charge is 0.369 e. The fraction of sp³-hybridized carbons (Fsp3) is 0.231. The van der Waals surface area contributed by atoms with Gasteiger partial charge in [-0.05, 0) is 35.6 Å². The third kappa shape index (κ3) is 4.32. The summed E-state index contributed by atoms with van der Waals surface area (Å²) in [7, 11) is 0. The van der Waals surface area contributed by atoms with E-state index in [1.807, 2.05) is 0 Å². The summed E-state index contributed by atoms with van der Waals surface area (Å²) < 4.78 is 16.4. The lowest BCUT2D eigenvalue weighted by Crippen LogP contribution is -2.37. The van der Waals surface area contributed by atoms with Gasteiger partial charge in [0.05, 0.1) is 12.1 Å². The molecule has 0 bridgehead atoms. The van der Waals surface area contributed by atoms with Crippen molar-refractivity contribution in [3.05, 3.63) is 46.7 Å². The van der Waals surface area contributed by atoms with E-state index in [9.17, 15) is 14.0 Å². The SMILES string of the molecule is NC(=O)C(CNC(=O)c1cnns1)Cc1ccc(F)cc1. The zero-order valence-electron chi connectivity index (χ0n) is 11.0. The molecule has 8 heteroatoms. The molecule has 0 aliphatic heterocycles. The summed E-state index contributed by atoms with van der Waals surface area (Å²) in [4.78, 5) is 23.6. The average molecular weight is 308 g/mol. The number of hydrogen-bond acceptors (Lipinski definition) is 5. The van der Waals surface area contributed by atoms with E-state index in [0.29, 0.717) is 11.3 Å². The zero-order chi connectivity index (χ0) is 15.2. The lowest BCUT2D eigenvalue weighted by Gasteiger charge is -2.14. The highest BCUT2D eigenvalue weighted by atomic mass is 32.1. The van der Waals surface area contributed by atoms with Crippen molar-refractivity contribution in [3.63, 3.8) is 0 Å². The molecule has 0 radical (unpaired) electrons. The minimum atomic E-state index is -0.569. The molecular formula is C13H13FN4O2S. The Hall–Kier alpha value is -2.35. The van der Waals surface area contributed by atoms with Crippen LogP contribution in [0, 0.1) is 11.7 Å². The van der Waals surface area contributed by atoms with Crippen molar-refractivity contribution >= 4 is 23.3 Å². The van der Waals surface area contributed by atoms with Crippen LogP contribution in [0.4, 0.5) is 4.39 Å². The fourth-order valence-electron chi connectivity index (χ4n) is 1.75. The molecular weight excluding hydrogens is 295 g/mol. The lowest BCUT2D eigenvalue weighted by atomic mass is 9.98. The fourth-order valence-corrected chi connectivity index (χ4v) is 2.18. The van der Waals surface area contributed by atoms with E-state index in [1.54, 1.807) is 12.1 Å². The Kier molecular flexibility index (Phi) is 4.94. The second-order valence-corrected chi connectivity index (χ2v) is 5.21. The van der Waals surface area contributed by atoms with Gasteiger partial charge in [0.25, 0.3) is 5.91 Å². The maximum Gasteiger partial charge on any atom is 0.264 e. The number of halogens is 1. The molecule has 0 aliphatic rings. The molecule has 0 saturated carbocycles. The van der Waals surface area contributed by atoms with Gasteiger partial charge >= 0.3 is 0 Å². The maximum absolute atomic E-state index is 12.8. The number of nitrogens with zero attached hydrogens (tertiary/aromatic N) is 2. The highest BCUT2D eigenvalue weighted by Gasteiger charge is 2.18. The number of hydrogen-bond donors (Lipinski definition) is 2. The van der Waals surface area contributed by atoms with E-state index >= 15 is 0 Å².